The average molecular weight is 1490 g/mol. The maximum atomic E-state index is 15.9. The van der Waals surface area contributed by atoms with Crippen LogP contribution in [0.15, 0.2) is 175 Å². The zero-order chi connectivity index (χ0) is 77.6. The number of amides is 8. The minimum atomic E-state index is -6.19. The predicted octanol–water partition coefficient (Wildman–Crippen LogP) is 16.3. The molecule has 18 nitrogen and oxygen atoms in total. The molecule has 0 aromatic heterocycles. The highest BCUT2D eigenvalue weighted by Crippen LogP contribution is 2.58. The van der Waals surface area contributed by atoms with Gasteiger partial charge in [-0.05, 0) is 187 Å². The molecule has 9 aromatic rings. The van der Waals surface area contributed by atoms with Crippen LogP contribution in [0.2, 0.25) is 0 Å². The van der Waals surface area contributed by atoms with E-state index in [0.29, 0.717) is 68.2 Å². The number of carbonyl (C=O) groups is 9. The highest BCUT2D eigenvalue weighted by molar-refractivity contribution is 7.90. The van der Waals surface area contributed by atoms with E-state index >= 15 is 26.3 Å². The van der Waals surface area contributed by atoms with Gasteiger partial charge >= 0.3 is 18.1 Å². The maximum Gasteiger partial charge on any atom is 0.411 e. The second-order valence-corrected chi connectivity index (χ2v) is 30.0. The number of rotatable bonds is 12. The summed E-state index contributed by atoms with van der Waals surface area (Å²) >= 11 is 0. The Bertz CT molecular complexity index is 5780. The second kappa shape index (κ2) is 26.3. The van der Waals surface area contributed by atoms with Gasteiger partial charge in [0.2, 0.25) is 5.41 Å². The Morgan fingerprint density at radius 3 is 1.11 bits per heavy atom. The monoisotopic (exact) mass is 1480 g/mol. The number of carbonyl (C=O) groups excluding carboxylic acids is 9. The summed E-state index contributed by atoms with van der Waals surface area (Å²) in [7, 11) is -2.03. The minimum absolute atomic E-state index is 0. The molecule has 25 heteroatoms. The van der Waals surface area contributed by atoms with Crippen LogP contribution < -0.4 is 19.4 Å². The summed E-state index contributed by atoms with van der Waals surface area (Å²) in [5.41, 5.74) is 5.16. The van der Waals surface area contributed by atoms with Crippen LogP contribution in [0.5, 0.6) is 11.5 Å². The smallest absolute Gasteiger partial charge is 0.411 e. The molecular formula is C83H66F6N6O12S. The highest BCUT2D eigenvalue weighted by Gasteiger charge is 2.73. The molecule has 0 spiro atoms. The largest absolute Gasteiger partial charge is 0.457 e. The molecular weight excluding hydrogens is 1420 g/mol. The third-order valence-electron chi connectivity index (χ3n) is 20.8. The average Bonchev–Trinajstić information content (AvgIpc) is 1.23. The number of alkyl halides is 6. The lowest BCUT2D eigenvalue weighted by atomic mass is 9.71. The van der Waals surface area contributed by atoms with Crippen LogP contribution in [-0.4, -0.2) is 103 Å². The van der Waals surface area contributed by atoms with Crippen molar-refractivity contribution in [3.63, 3.8) is 0 Å². The summed E-state index contributed by atoms with van der Waals surface area (Å²) in [4.78, 5) is 128. The van der Waals surface area contributed by atoms with Gasteiger partial charge in [-0.3, -0.25) is 48.1 Å². The molecule has 0 atom stereocenters. The molecule has 548 valence electrons. The maximum absolute atomic E-state index is 15.9. The number of ether oxygens (including phenoxy) is 1. The standard InChI is InChI=1S/C71H54F6N4O9.C11H8N2O3S.CH4/c1-35-11-12-40(27-36(35)2)67(6,7)41-15-24-56(37(3)28-41)79-61(84)49-20-13-44(31-52(49)64(79)87)69(70(72,73)74,71(75,76)77)45-14-21-50-53(32-45)65(88)80(62(50)85)57-25-16-42(29-38(57)4)68(8,9)43-17-26-58(39(5)30-43)81-63(86)51-23-19-47(34-55(51)66(81)89)90-46-18-22-48-54(33-46)60(83)78(10)59(48)82;1-17(15,16)10-4-2-3-8-7(10)5-6-9(13-12)11(8)14;/h11-34H,1-10H3;2-6H,1H3;1H4. The van der Waals surface area contributed by atoms with Crippen LogP contribution in [0.3, 0.4) is 0 Å². The van der Waals surface area contributed by atoms with Crippen molar-refractivity contribution in [2.45, 2.75) is 103 Å². The van der Waals surface area contributed by atoms with Gasteiger partial charge in [0, 0.05) is 41.3 Å². The van der Waals surface area contributed by atoms with Gasteiger partial charge in [-0.1, -0.05) is 114 Å². The molecule has 0 saturated heterocycles. The molecule has 0 unspecified atom stereocenters. The number of Topliss-reactive ketones (excluding diaryl/α,β-unsaturated/α-hetero) is 1. The van der Waals surface area contributed by atoms with Crippen LogP contribution in [0, 0.1) is 34.6 Å². The van der Waals surface area contributed by atoms with E-state index in [0.717, 1.165) is 55.3 Å². The van der Waals surface area contributed by atoms with Crippen molar-refractivity contribution in [1.82, 2.24) is 4.90 Å². The summed E-state index contributed by atoms with van der Waals surface area (Å²) in [5, 5.41) is 0. The van der Waals surface area contributed by atoms with Gasteiger partial charge in [0.15, 0.2) is 9.84 Å². The van der Waals surface area contributed by atoms with Crippen molar-refractivity contribution in [3.8, 4) is 11.5 Å². The second-order valence-electron chi connectivity index (χ2n) is 28.0. The number of anilines is 3. The van der Waals surface area contributed by atoms with Gasteiger partial charge in [0.1, 0.15) is 11.5 Å². The summed E-state index contributed by atoms with van der Waals surface area (Å²) in [5.74, 6) is -6.49. The van der Waals surface area contributed by atoms with Gasteiger partial charge in [-0.15, -0.1) is 0 Å². The molecule has 0 radical (unpaired) electrons. The first kappa shape index (κ1) is 75.3. The lowest BCUT2D eigenvalue weighted by molar-refractivity contribution is -0.288. The Balaban J connectivity index is 0.000000532. The number of hydrogen-bond acceptors (Lipinski definition) is 12. The van der Waals surface area contributed by atoms with E-state index in [9.17, 15) is 51.6 Å². The van der Waals surface area contributed by atoms with E-state index in [1.165, 1.54) is 85.9 Å². The number of nitrogens with zero attached hydrogens (tertiary/aromatic N) is 6. The number of ketones is 1. The van der Waals surface area contributed by atoms with Crippen molar-refractivity contribution in [2.24, 2.45) is 0 Å². The number of allylic oxidation sites excluding steroid dienone is 1. The number of aryl methyl sites for hydroxylation is 5. The third-order valence-corrected chi connectivity index (χ3v) is 22.0. The van der Waals surface area contributed by atoms with Gasteiger partial charge in [0.05, 0.1) is 66.5 Å². The lowest BCUT2D eigenvalue weighted by Crippen LogP contribution is -2.55. The molecule has 108 heavy (non-hydrogen) atoms. The minimum Gasteiger partial charge on any atom is -0.457 e. The van der Waals surface area contributed by atoms with Gasteiger partial charge in [0.25, 0.3) is 53.0 Å². The number of hydrogen-bond donors (Lipinski definition) is 0. The Kier molecular flexibility index (Phi) is 18.4. The molecule has 8 amide bonds. The summed E-state index contributed by atoms with van der Waals surface area (Å²) in [6.07, 6.45) is -8.55. The Labute approximate surface area is 616 Å². The van der Waals surface area contributed by atoms with Gasteiger partial charge in [-0.25, -0.2) is 23.1 Å². The summed E-state index contributed by atoms with van der Waals surface area (Å²) in [6, 6.07) is 37.5. The molecule has 4 aliphatic heterocycles. The Morgan fingerprint density at radius 2 is 0.731 bits per heavy atom. The molecule has 1 aliphatic carbocycles. The fourth-order valence-electron chi connectivity index (χ4n) is 14.5. The topological polar surface area (TPSA) is 246 Å². The Morgan fingerprint density at radius 1 is 0.389 bits per heavy atom. The number of imide groups is 4. The fraction of sp³-hybridized carbons (Fsp3) is 0.205. The highest BCUT2D eigenvalue weighted by atomic mass is 32.2. The molecule has 0 fully saturated rings. The molecule has 4 heterocycles. The van der Waals surface area contributed by atoms with E-state index in [4.69, 9.17) is 10.3 Å². The number of fused-ring (bicyclic) bond motifs is 5. The predicted molar refractivity (Wildman–Crippen MR) is 391 cm³/mol. The first-order valence-electron chi connectivity index (χ1n) is 33.2. The van der Waals surface area contributed by atoms with Crippen molar-refractivity contribution < 1.29 is 87.4 Å². The molecule has 9 aromatic carbocycles. The number of sulfone groups is 1. The van der Waals surface area contributed by atoms with Crippen molar-refractivity contribution in [3.05, 3.63) is 292 Å². The summed E-state index contributed by atoms with van der Waals surface area (Å²) < 4.78 is 124. The van der Waals surface area contributed by atoms with Crippen LogP contribution in [0.25, 0.3) is 11.6 Å². The fourth-order valence-corrected chi connectivity index (χ4v) is 15.4. The van der Waals surface area contributed by atoms with Crippen LogP contribution in [0.1, 0.15) is 195 Å². The SMILES string of the molecule is C.CS(=O)(=O)c1cccc2c1C=CC(=[N+]=[N-])C2=O.Cc1ccc(C(C)(C)c2ccc(N3C(=O)c4ccc(C(c5ccc6c(c5)C(=O)N(c5ccc(C(C)(C)c7ccc(N8C(=O)c9ccc(Oc%10ccc%11c(c%10)C(=O)N(C)C%11=O)cc9C8=O)c(C)c7)cc5C)C6=O)(C(F)(F)F)C(F)(F)F)cc4C3=O)c(C)c2)cc1C. The Hall–Kier alpha value is -12.3. The van der Waals surface area contributed by atoms with E-state index in [1.54, 1.807) is 63.2 Å². The van der Waals surface area contributed by atoms with Gasteiger partial charge in [-0.2, -0.15) is 31.1 Å². The van der Waals surface area contributed by atoms with E-state index in [2.05, 4.69) is 10.9 Å². The van der Waals surface area contributed by atoms with Crippen LogP contribution in [0.4, 0.5) is 43.4 Å². The normalized spacial score (nSPS) is 14.9. The first-order valence-corrected chi connectivity index (χ1v) is 35.1. The molecule has 0 bridgehead atoms. The first-order chi connectivity index (χ1) is 50.1. The van der Waals surface area contributed by atoms with E-state index < -0.39 is 125 Å². The molecule has 14 rings (SSSR count). The molecule has 0 N–H and O–H groups in total. The van der Waals surface area contributed by atoms with Crippen LogP contribution in [-0.2, 0) is 26.1 Å². The van der Waals surface area contributed by atoms with Crippen molar-refractivity contribution in [2.75, 3.05) is 28.0 Å². The lowest BCUT2D eigenvalue weighted by Gasteiger charge is -2.38. The van der Waals surface area contributed by atoms with E-state index in [1.807, 2.05) is 53.7 Å². The van der Waals surface area contributed by atoms with E-state index in [-0.39, 0.29) is 68.7 Å². The van der Waals surface area contributed by atoms with Crippen LogP contribution >= 0.6 is 0 Å². The zero-order valence-corrected chi connectivity index (χ0v) is 59.8. The van der Waals surface area contributed by atoms with Crippen molar-refractivity contribution in [1.29, 1.82) is 0 Å². The molecule has 5 aliphatic rings. The van der Waals surface area contributed by atoms with Crippen molar-refractivity contribution >= 4 is 91.7 Å². The van der Waals surface area contributed by atoms with Gasteiger partial charge < -0.3 is 10.3 Å². The zero-order valence-electron chi connectivity index (χ0n) is 59.0. The number of halogens is 6. The number of benzene rings is 9. The quantitative estimate of drug-likeness (QED) is 0.0480. The summed E-state index contributed by atoms with van der Waals surface area (Å²) in [6.45, 7) is 16.7. The third kappa shape index (κ3) is 11.8. The molecule has 0 saturated carbocycles.